The molecule has 0 aliphatic rings. The van der Waals surface area contributed by atoms with Gasteiger partial charge in [0.1, 0.15) is 11.6 Å². The smallest absolute Gasteiger partial charge is 0.248 e. The second kappa shape index (κ2) is 7.61. The largest absolute Gasteiger partial charge is 0.494 e. The van der Waals surface area contributed by atoms with Gasteiger partial charge in [0.25, 0.3) is 0 Å². The standard InChI is InChI=1S/C17H15ClFNO2/c1-2-22-14-7-3-12(4-8-14)5-10-17(21)20-16-9-6-13(18)11-15(16)19/h3-11H,2H2,1H3,(H,20,21)/b10-5+. The molecule has 22 heavy (non-hydrogen) atoms. The van der Waals surface area contributed by atoms with Crippen molar-refractivity contribution in [1.29, 1.82) is 0 Å². The summed E-state index contributed by atoms with van der Waals surface area (Å²) in [5.74, 6) is -0.224. The quantitative estimate of drug-likeness (QED) is 0.822. The highest BCUT2D eigenvalue weighted by Gasteiger charge is 2.05. The van der Waals surface area contributed by atoms with Gasteiger partial charge in [0.15, 0.2) is 0 Å². The molecular weight excluding hydrogens is 305 g/mol. The van der Waals surface area contributed by atoms with E-state index in [2.05, 4.69) is 5.32 Å². The summed E-state index contributed by atoms with van der Waals surface area (Å²) in [7, 11) is 0. The first-order valence-electron chi connectivity index (χ1n) is 6.75. The van der Waals surface area contributed by atoms with E-state index >= 15 is 0 Å². The van der Waals surface area contributed by atoms with Crippen LogP contribution in [0.25, 0.3) is 6.08 Å². The van der Waals surface area contributed by atoms with Crippen LogP contribution in [0.1, 0.15) is 12.5 Å². The average molecular weight is 320 g/mol. The van der Waals surface area contributed by atoms with Gasteiger partial charge in [-0.05, 0) is 48.9 Å². The minimum absolute atomic E-state index is 0.0887. The number of carbonyl (C=O) groups excluding carboxylic acids is 1. The first kappa shape index (κ1) is 16.0. The number of hydrogen-bond acceptors (Lipinski definition) is 2. The summed E-state index contributed by atoms with van der Waals surface area (Å²) in [5, 5.41) is 2.73. The first-order chi connectivity index (χ1) is 10.6. The minimum Gasteiger partial charge on any atom is -0.494 e. The van der Waals surface area contributed by atoms with Crippen molar-refractivity contribution >= 4 is 29.3 Å². The lowest BCUT2D eigenvalue weighted by Gasteiger charge is -2.04. The van der Waals surface area contributed by atoms with E-state index in [4.69, 9.17) is 16.3 Å². The van der Waals surface area contributed by atoms with Gasteiger partial charge in [-0.3, -0.25) is 4.79 Å². The van der Waals surface area contributed by atoms with Crippen molar-refractivity contribution in [2.45, 2.75) is 6.92 Å². The molecule has 0 fully saturated rings. The van der Waals surface area contributed by atoms with Crippen LogP contribution in [-0.4, -0.2) is 12.5 Å². The number of amides is 1. The number of benzene rings is 2. The highest BCUT2D eigenvalue weighted by Crippen LogP contribution is 2.19. The first-order valence-corrected chi connectivity index (χ1v) is 7.13. The third-order valence-electron chi connectivity index (χ3n) is 2.81. The fraction of sp³-hybridized carbons (Fsp3) is 0.118. The fourth-order valence-corrected chi connectivity index (χ4v) is 1.94. The maximum absolute atomic E-state index is 13.6. The predicted molar refractivity (Wildman–Crippen MR) is 86.7 cm³/mol. The third kappa shape index (κ3) is 4.60. The molecule has 3 nitrogen and oxygen atoms in total. The van der Waals surface area contributed by atoms with Crippen molar-refractivity contribution < 1.29 is 13.9 Å². The number of nitrogens with one attached hydrogen (secondary N) is 1. The monoisotopic (exact) mass is 319 g/mol. The van der Waals surface area contributed by atoms with E-state index in [-0.39, 0.29) is 10.7 Å². The average Bonchev–Trinajstić information content (AvgIpc) is 2.50. The van der Waals surface area contributed by atoms with Crippen LogP contribution >= 0.6 is 11.6 Å². The van der Waals surface area contributed by atoms with Gasteiger partial charge in [-0.1, -0.05) is 23.7 Å². The zero-order chi connectivity index (χ0) is 15.9. The van der Waals surface area contributed by atoms with Crippen LogP contribution in [0.3, 0.4) is 0 Å². The zero-order valence-electron chi connectivity index (χ0n) is 12.0. The van der Waals surface area contributed by atoms with E-state index in [1.54, 1.807) is 6.08 Å². The lowest BCUT2D eigenvalue weighted by Crippen LogP contribution is -2.09. The van der Waals surface area contributed by atoms with Gasteiger partial charge in [-0.25, -0.2) is 4.39 Å². The molecule has 2 rings (SSSR count). The summed E-state index contributed by atoms with van der Waals surface area (Å²) in [6, 6.07) is 11.4. The molecule has 0 aliphatic heterocycles. The van der Waals surface area contributed by atoms with Gasteiger partial charge in [-0.2, -0.15) is 0 Å². The molecule has 0 saturated heterocycles. The second-order valence-corrected chi connectivity index (χ2v) is 4.89. The molecule has 0 saturated carbocycles. The maximum Gasteiger partial charge on any atom is 0.248 e. The normalized spacial score (nSPS) is 10.7. The molecule has 0 spiro atoms. The van der Waals surface area contributed by atoms with E-state index in [1.165, 1.54) is 18.2 Å². The van der Waals surface area contributed by atoms with Crippen LogP contribution < -0.4 is 10.1 Å². The molecule has 0 atom stereocenters. The molecule has 1 amide bonds. The Bertz CT molecular complexity index is 684. The number of rotatable bonds is 5. The predicted octanol–water partition coefficient (Wildman–Crippen LogP) is 4.53. The molecule has 114 valence electrons. The molecule has 5 heteroatoms. The van der Waals surface area contributed by atoms with Gasteiger partial charge in [-0.15, -0.1) is 0 Å². The lowest BCUT2D eigenvalue weighted by atomic mass is 10.2. The SMILES string of the molecule is CCOc1ccc(/C=C/C(=O)Nc2ccc(Cl)cc2F)cc1. The summed E-state index contributed by atoms with van der Waals surface area (Å²) in [5.41, 5.74) is 0.931. The molecule has 2 aromatic carbocycles. The Kier molecular flexibility index (Phi) is 5.55. The number of carbonyl (C=O) groups is 1. The topological polar surface area (TPSA) is 38.3 Å². The highest BCUT2D eigenvalue weighted by molar-refractivity contribution is 6.30. The maximum atomic E-state index is 13.6. The highest BCUT2D eigenvalue weighted by atomic mass is 35.5. The van der Waals surface area contributed by atoms with Crippen LogP contribution in [0.2, 0.25) is 5.02 Å². The van der Waals surface area contributed by atoms with E-state index in [1.807, 2.05) is 31.2 Å². The van der Waals surface area contributed by atoms with Crippen molar-refractivity contribution in [1.82, 2.24) is 0 Å². The zero-order valence-corrected chi connectivity index (χ0v) is 12.7. The molecule has 0 unspecified atom stereocenters. The summed E-state index contributed by atoms with van der Waals surface area (Å²) in [4.78, 5) is 11.8. The van der Waals surface area contributed by atoms with E-state index in [9.17, 15) is 9.18 Å². The van der Waals surface area contributed by atoms with Gasteiger partial charge in [0.05, 0.1) is 12.3 Å². The summed E-state index contributed by atoms with van der Waals surface area (Å²) in [6.07, 6.45) is 2.97. The van der Waals surface area contributed by atoms with Crippen molar-refractivity contribution in [3.8, 4) is 5.75 Å². The number of anilines is 1. The Morgan fingerprint density at radius 1 is 1.27 bits per heavy atom. The number of hydrogen-bond donors (Lipinski definition) is 1. The molecular formula is C17H15ClFNO2. The van der Waals surface area contributed by atoms with Crippen LogP contribution in [0.5, 0.6) is 5.75 Å². The third-order valence-corrected chi connectivity index (χ3v) is 3.04. The van der Waals surface area contributed by atoms with Gasteiger partial charge >= 0.3 is 0 Å². The van der Waals surface area contributed by atoms with Crippen LogP contribution in [-0.2, 0) is 4.79 Å². The van der Waals surface area contributed by atoms with Crippen LogP contribution in [0.15, 0.2) is 48.5 Å². The summed E-state index contributed by atoms with van der Waals surface area (Å²) < 4.78 is 18.9. The van der Waals surface area contributed by atoms with Crippen molar-refractivity contribution in [3.05, 3.63) is 64.9 Å². The molecule has 0 aromatic heterocycles. The van der Waals surface area contributed by atoms with Crippen molar-refractivity contribution in [2.24, 2.45) is 0 Å². The van der Waals surface area contributed by atoms with Crippen LogP contribution in [0.4, 0.5) is 10.1 Å². The second-order valence-electron chi connectivity index (χ2n) is 4.45. The van der Waals surface area contributed by atoms with E-state index in [0.717, 1.165) is 17.4 Å². The lowest BCUT2D eigenvalue weighted by molar-refractivity contribution is -0.111. The Morgan fingerprint density at radius 3 is 2.64 bits per heavy atom. The molecule has 2 aromatic rings. The number of halogens is 2. The van der Waals surface area contributed by atoms with Crippen molar-refractivity contribution in [3.63, 3.8) is 0 Å². The Hall–Kier alpha value is -2.33. The van der Waals surface area contributed by atoms with Gasteiger partial charge in [0, 0.05) is 11.1 Å². The van der Waals surface area contributed by atoms with Gasteiger partial charge < -0.3 is 10.1 Å². The molecule has 0 radical (unpaired) electrons. The van der Waals surface area contributed by atoms with E-state index < -0.39 is 11.7 Å². The molecule has 0 aliphatic carbocycles. The molecule has 1 N–H and O–H groups in total. The van der Waals surface area contributed by atoms with Crippen LogP contribution in [0, 0.1) is 5.82 Å². The molecule has 0 heterocycles. The van der Waals surface area contributed by atoms with Gasteiger partial charge in [0.2, 0.25) is 5.91 Å². The summed E-state index contributed by atoms with van der Waals surface area (Å²) >= 11 is 5.65. The Labute approximate surface area is 133 Å². The Morgan fingerprint density at radius 2 is 2.00 bits per heavy atom. The summed E-state index contributed by atoms with van der Waals surface area (Å²) in [6.45, 7) is 2.51. The Balaban J connectivity index is 1.98. The number of ether oxygens (including phenoxy) is 1. The van der Waals surface area contributed by atoms with E-state index in [0.29, 0.717) is 6.61 Å². The van der Waals surface area contributed by atoms with Crippen molar-refractivity contribution in [2.75, 3.05) is 11.9 Å². The molecule has 0 bridgehead atoms. The fourth-order valence-electron chi connectivity index (χ4n) is 1.78. The minimum atomic E-state index is -0.574.